The summed E-state index contributed by atoms with van der Waals surface area (Å²) in [6, 6.07) is 13.8. The standard InChI is InChI=1S/C20H21FN4O/c1-13(26)25-9-8-19(22)18(12-25)20(23)24-17-7-3-5-15(11-17)14-4-2-6-16(21)10-14/h2-7,10-11H,8-9,12,22H2,1H3,(H2,23,24). The number of nitrogens with two attached hydrogens (primary N) is 2. The molecule has 2 aromatic rings. The fourth-order valence-corrected chi connectivity index (χ4v) is 2.92. The SMILES string of the molecule is CC(=O)N1CCC(N)=C(C(N)=Nc2cccc(-c3cccc(F)c3)c2)C1. The van der Waals surface area contributed by atoms with Crippen molar-refractivity contribution in [2.45, 2.75) is 13.3 Å². The lowest BCUT2D eigenvalue weighted by atomic mass is 10.0. The Morgan fingerprint density at radius 2 is 1.85 bits per heavy atom. The number of carbonyl (C=O) groups is 1. The van der Waals surface area contributed by atoms with Gasteiger partial charge in [0, 0.05) is 31.2 Å². The molecule has 0 saturated heterocycles. The molecule has 1 heterocycles. The first kappa shape index (κ1) is 17.7. The zero-order valence-corrected chi connectivity index (χ0v) is 14.6. The normalized spacial score (nSPS) is 15.3. The molecule has 0 spiro atoms. The number of amidine groups is 1. The second kappa shape index (κ2) is 7.39. The number of hydrogen-bond acceptors (Lipinski definition) is 3. The van der Waals surface area contributed by atoms with Crippen LogP contribution in [0.2, 0.25) is 0 Å². The van der Waals surface area contributed by atoms with Crippen molar-refractivity contribution >= 4 is 17.4 Å². The number of carbonyl (C=O) groups excluding carboxylic acids is 1. The summed E-state index contributed by atoms with van der Waals surface area (Å²) < 4.78 is 13.5. The minimum absolute atomic E-state index is 0.0177. The molecule has 26 heavy (non-hydrogen) atoms. The van der Waals surface area contributed by atoms with E-state index in [0.29, 0.717) is 42.3 Å². The predicted molar refractivity (Wildman–Crippen MR) is 101 cm³/mol. The summed E-state index contributed by atoms with van der Waals surface area (Å²) in [5.41, 5.74) is 15.8. The lowest BCUT2D eigenvalue weighted by Crippen LogP contribution is -2.40. The molecule has 0 atom stereocenters. The van der Waals surface area contributed by atoms with Crippen LogP contribution < -0.4 is 11.5 Å². The molecule has 0 aromatic heterocycles. The minimum Gasteiger partial charge on any atom is -0.402 e. The Morgan fingerprint density at radius 1 is 1.15 bits per heavy atom. The first-order chi connectivity index (χ1) is 12.4. The number of nitrogens with zero attached hydrogens (tertiary/aromatic N) is 2. The fourth-order valence-electron chi connectivity index (χ4n) is 2.92. The summed E-state index contributed by atoms with van der Waals surface area (Å²) in [4.78, 5) is 17.8. The van der Waals surface area contributed by atoms with Gasteiger partial charge in [-0.15, -0.1) is 0 Å². The largest absolute Gasteiger partial charge is 0.402 e. The smallest absolute Gasteiger partial charge is 0.219 e. The van der Waals surface area contributed by atoms with Crippen molar-refractivity contribution in [3.8, 4) is 11.1 Å². The van der Waals surface area contributed by atoms with Gasteiger partial charge in [0.1, 0.15) is 11.7 Å². The summed E-state index contributed by atoms with van der Waals surface area (Å²) in [5.74, 6) is -0.0129. The highest BCUT2D eigenvalue weighted by Gasteiger charge is 2.21. The van der Waals surface area contributed by atoms with Gasteiger partial charge in [0.15, 0.2) is 0 Å². The van der Waals surface area contributed by atoms with Crippen molar-refractivity contribution in [2.75, 3.05) is 13.1 Å². The molecule has 0 bridgehead atoms. The minimum atomic E-state index is -0.291. The van der Waals surface area contributed by atoms with Crippen molar-refractivity contribution in [1.82, 2.24) is 4.90 Å². The van der Waals surface area contributed by atoms with Crippen molar-refractivity contribution in [2.24, 2.45) is 16.5 Å². The lowest BCUT2D eigenvalue weighted by Gasteiger charge is -2.28. The van der Waals surface area contributed by atoms with E-state index in [4.69, 9.17) is 11.5 Å². The zero-order chi connectivity index (χ0) is 18.7. The topological polar surface area (TPSA) is 84.7 Å². The Labute approximate surface area is 151 Å². The molecule has 1 aliphatic rings. The van der Waals surface area contributed by atoms with E-state index in [-0.39, 0.29) is 11.7 Å². The average molecular weight is 352 g/mol. The van der Waals surface area contributed by atoms with Gasteiger partial charge in [-0.25, -0.2) is 9.38 Å². The van der Waals surface area contributed by atoms with E-state index in [1.165, 1.54) is 19.1 Å². The van der Waals surface area contributed by atoms with Gasteiger partial charge in [-0.3, -0.25) is 4.79 Å². The molecular formula is C20H21FN4O. The maximum absolute atomic E-state index is 13.5. The van der Waals surface area contributed by atoms with Crippen LogP contribution in [0.25, 0.3) is 11.1 Å². The average Bonchev–Trinajstić information content (AvgIpc) is 2.62. The highest BCUT2D eigenvalue weighted by Crippen LogP contribution is 2.25. The van der Waals surface area contributed by atoms with Crippen molar-refractivity contribution in [1.29, 1.82) is 0 Å². The van der Waals surface area contributed by atoms with E-state index < -0.39 is 0 Å². The van der Waals surface area contributed by atoms with E-state index in [2.05, 4.69) is 4.99 Å². The number of halogens is 1. The van der Waals surface area contributed by atoms with E-state index in [1.54, 1.807) is 11.0 Å². The first-order valence-electron chi connectivity index (χ1n) is 8.37. The van der Waals surface area contributed by atoms with Crippen LogP contribution in [0.3, 0.4) is 0 Å². The molecule has 0 saturated carbocycles. The summed E-state index contributed by atoms with van der Waals surface area (Å²) in [6.45, 7) is 2.47. The Bertz CT molecular complexity index is 904. The molecule has 5 nitrogen and oxygen atoms in total. The maximum atomic E-state index is 13.5. The third-order valence-corrected chi connectivity index (χ3v) is 4.40. The maximum Gasteiger partial charge on any atom is 0.219 e. The van der Waals surface area contributed by atoms with E-state index in [1.807, 2.05) is 30.3 Å². The summed E-state index contributed by atoms with van der Waals surface area (Å²) >= 11 is 0. The molecule has 2 aromatic carbocycles. The van der Waals surface area contributed by atoms with E-state index in [0.717, 1.165) is 11.1 Å². The van der Waals surface area contributed by atoms with Crippen LogP contribution in [0.1, 0.15) is 13.3 Å². The molecule has 1 amide bonds. The van der Waals surface area contributed by atoms with Gasteiger partial charge in [-0.05, 0) is 35.4 Å². The van der Waals surface area contributed by atoms with Gasteiger partial charge in [-0.1, -0.05) is 24.3 Å². The molecule has 0 aliphatic carbocycles. The molecule has 0 radical (unpaired) electrons. The molecule has 6 heteroatoms. The van der Waals surface area contributed by atoms with Crippen LogP contribution in [-0.2, 0) is 4.79 Å². The third kappa shape index (κ3) is 3.91. The van der Waals surface area contributed by atoms with Gasteiger partial charge in [0.2, 0.25) is 5.91 Å². The second-order valence-electron chi connectivity index (χ2n) is 6.25. The monoisotopic (exact) mass is 352 g/mol. The van der Waals surface area contributed by atoms with E-state index >= 15 is 0 Å². The van der Waals surface area contributed by atoms with Crippen LogP contribution in [0.4, 0.5) is 10.1 Å². The molecule has 4 N–H and O–H groups in total. The number of aliphatic imine (C=N–C) groups is 1. The molecular weight excluding hydrogens is 331 g/mol. The Hall–Kier alpha value is -3.15. The van der Waals surface area contributed by atoms with Crippen LogP contribution >= 0.6 is 0 Å². The number of benzene rings is 2. The van der Waals surface area contributed by atoms with Gasteiger partial charge in [0.25, 0.3) is 0 Å². The molecule has 0 unspecified atom stereocenters. The van der Waals surface area contributed by atoms with Gasteiger partial charge < -0.3 is 16.4 Å². The Kier molecular flexibility index (Phi) is 5.02. The van der Waals surface area contributed by atoms with Gasteiger partial charge >= 0.3 is 0 Å². The Morgan fingerprint density at radius 3 is 2.54 bits per heavy atom. The molecule has 3 rings (SSSR count). The number of rotatable bonds is 3. The fraction of sp³-hybridized carbons (Fsp3) is 0.200. The van der Waals surface area contributed by atoms with Gasteiger partial charge in [-0.2, -0.15) is 0 Å². The van der Waals surface area contributed by atoms with Crippen LogP contribution in [0, 0.1) is 5.82 Å². The number of amides is 1. The van der Waals surface area contributed by atoms with Crippen molar-refractivity contribution in [3.05, 3.63) is 65.6 Å². The summed E-state index contributed by atoms with van der Waals surface area (Å²) in [5, 5.41) is 0. The van der Waals surface area contributed by atoms with Crippen LogP contribution in [0.15, 0.2) is 64.8 Å². The van der Waals surface area contributed by atoms with Gasteiger partial charge in [0.05, 0.1) is 12.2 Å². The highest BCUT2D eigenvalue weighted by molar-refractivity contribution is 6.00. The Balaban J connectivity index is 1.90. The van der Waals surface area contributed by atoms with Crippen LogP contribution in [-0.4, -0.2) is 29.7 Å². The van der Waals surface area contributed by atoms with Crippen molar-refractivity contribution in [3.63, 3.8) is 0 Å². The molecule has 134 valence electrons. The quantitative estimate of drug-likeness (QED) is 0.658. The number of hydrogen-bond donors (Lipinski definition) is 2. The molecule has 0 fully saturated rings. The first-order valence-corrected chi connectivity index (χ1v) is 8.37. The lowest BCUT2D eigenvalue weighted by molar-refractivity contribution is -0.128. The summed E-state index contributed by atoms with van der Waals surface area (Å²) in [6.07, 6.45) is 0.578. The van der Waals surface area contributed by atoms with Crippen LogP contribution in [0.5, 0.6) is 0 Å². The predicted octanol–water partition coefficient (Wildman–Crippen LogP) is 2.95. The molecule has 1 aliphatic heterocycles. The highest BCUT2D eigenvalue weighted by atomic mass is 19.1. The third-order valence-electron chi connectivity index (χ3n) is 4.40. The summed E-state index contributed by atoms with van der Waals surface area (Å²) in [7, 11) is 0. The van der Waals surface area contributed by atoms with Crippen molar-refractivity contribution < 1.29 is 9.18 Å². The second-order valence-corrected chi connectivity index (χ2v) is 6.25. The van der Waals surface area contributed by atoms with E-state index in [9.17, 15) is 9.18 Å². The zero-order valence-electron chi connectivity index (χ0n) is 14.6.